The van der Waals surface area contributed by atoms with Crippen LogP contribution >= 0.6 is 0 Å². The van der Waals surface area contributed by atoms with Gasteiger partial charge >= 0.3 is 6.18 Å². The second kappa shape index (κ2) is 6.91. The van der Waals surface area contributed by atoms with Crippen LogP contribution in [0.3, 0.4) is 0 Å². The monoisotopic (exact) mass is 384 g/mol. The van der Waals surface area contributed by atoms with Crippen LogP contribution in [0, 0.1) is 0 Å². The van der Waals surface area contributed by atoms with Gasteiger partial charge in [0, 0.05) is 17.8 Å². The molecule has 3 aromatic heterocycles. The van der Waals surface area contributed by atoms with Gasteiger partial charge in [0.2, 0.25) is 0 Å². The van der Waals surface area contributed by atoms with Gasteiger partial charge in [0.1, 0.15) is 12.1 Å². The normalized spacial score (nSPS) is 12.9. The Balaban J connectivity index is 1.71. The molecule has 0 aliphatic carbocycles. The van der Waals surface area contributed by atoms with E-state index in [9.17, 15) is 13.2 Å². The lowest BCUT2D eigenvalue weighted by molar-refractivity contribution is -0.136. The van der Waals surface area contributed by atoms with Crippen molar-refractivity contribution in [2.45, 2.75) is 19.1 Å². The maximum Gasteiger partial charge on any atom is 0.417 e. The Morgan fingerprint density at radius 3 is 2.54 bits per heavy atom. The van der Waals surface area contributed by atoms with Gasteiger partial charge in [-0.3, -0.25) is 0 Å². The summed E-state index contributed by atoms with van der Waals surface area (Å²) in [6, 6.07) is 10.4. The van der Waals surface area contributed by atoms with Crippen LogP contribution in [0.1, 0.15) is 24.4 Å². The molecule has 3 heterocycles. The van der Waals surface area contributed by atoms with Crippen LogP contribution in [-0.2, 0) is 6.18 Å². The Kier molecular flexibility index (Phi) is 4.42. The Labute approximate surface area is 158 Å². The van der Waals surface area contributed by atoms with Crippen molar-refractivity contribution in [3.05, 3.63) is 72.6 Å². The maximum atomic E-state index is 13.3. The zero-order chi connectivity index (χ0) is 19.7. The SMILES string of the molecule is CC(Nc1nccc2c(C(F)(F)F)cccc12)c1ncnn1-c1ccccn1. The van der Waals surface area contributed by atoms with Crippen LogP contribution in [0.5, 0.6) is 0 Å². The van der Waals surface area contributed by atoms with Gasteiger partial charge in [0.15, 0.2) is 11.6 Å². The molecule has 0 bridgehead atoms. The fourth-order valence-corrected chi connectivity index (χ4v) is 3.04. The van der Waals surface area contributed by atoms with Gasteiger partial charge in [-0.2, -0.15) is 23.0 Å². The fraction of sp³-hybridized carbons (Fsp3) is 0.158. The zero-order valence-electron chi connectivity index (χ0n) is 14.7. The van der Waals surface area contributed by atoms with E-state index in [1.807, 2.05) is 13.0 Å². The van der Waals surface area contributed by atoms with E-state index < -0.39 is 11.7 Å². The summed E-state index contributed by atoms with van der Waals surface area (Å²) < 4.78 is 41.5. The molecule has 0 radical (unpaired) electrons. The smallest absolute Gasteiger partial charge is 0.360 e. The van der Waals surface area contributed by atoms with Crippen molar-refractivity contribution in [1.29, 1.82) is 0 Å². The molecule has 4 aromatic rings. The number of aromatic nitrogens is 5. The molecule has 0 amide bonds. The molecule has 0 aliphatic rings. The number of hydrogen-bond acceptors (Lipinski definition) is 5. The first-order chi connectivity index (χ1) is 13.4. The van der Waals surface area contributed by atoms with Crippen molar-refractivity contribution in [1.82, 2.24) is 24.7 Å². The average molecular weight is 384 g/mol. The highest BCUT2D eigenvalue weighted by molar-refractivity contribution is 5.94. The molecular weight excluding hydrogens is 369 g/mol. The van der Waals surface area contributed by atoms with Crippen LogP contribution in [0.25, 0.3) is 16.6 Å². The maximum absolute atomic E-state index is 13.3. The first-order valence-corrected chi connectivity index (χ1v) is 8.48. The predicted molar refractivity (Wildman–Crippen MR) is 97.9 cm³/mol. The number of hydrogen-bond donors (Lipinski definition) is 1. The van der Waals surface area contributed by atoms with Crippen molar-refractivity contribution in [3.8, 4) is 5.82 Å². The van der Waals surface area contributed by atoms with E-state index in [1.54, 1.807) is 29.1 Å². The van der Waals surface area contributed by atoms with E-state index in [-0.39, 0.29) is 11.4 Å². The molecule has 1 aromatic carbocycles. The molecule has 28 heavy (non-hydrogen) atoms. The van der Waals surface area contributed by atoms with Crippen LogP contribution in [0.15, 0.2) is 61.2 Å². The van der Waals surface area contributed by atoms with Gasteiger partial charge in [-0.15, -0.1) is 0 Å². The first-order valence-electron chi connectivity index (χ1n) is 8.48. The van der Waals surface area contributed by atoms with E-state index in [0.29, 0.717) is 22.8 Å². The Morgan fingerprint density at radius 2 is 1.79 bits per heavy atom. The van der Waals surface area contributed by atoms with Crippen molar-refractivity contribution >= 4 is 16.6 Å². The first kappa shape index (κ1) is 17.9. The number of benzene rings is 1. The number of alkyl halides is 3. The molecule has 142 valence electrons. The van der Waals surface area contributed by atoms with Gasteiger partial charge in [-0.1, -0.05) is 18.2 Å². The van der Waals surface area contributed by atoms with E-state index in [0.717, 1.165) is 6.07 Å². The minimum atomic E-state index is -4.44. The molecule has 1 N–H and O–H groups in total. The summed E-state index contributed by atoms with van der Waals surface area (Å²) in [5, 5.41) is 7.81. The summed E-state index contributed by atoms with van der Waals surface area (Å²) in [4.78, 5) is 12.7. The zero-order valence-corrected chi connectivity index (χ0v) is 14.7. The number of fused-ring (bicyclic) bond motifs is 1. The summed E-state index contributed by atoms with van der Waals surface area (Å²) >= 11 is 0. The summed E-state index contributed by atoms with van der Waals surface area (Å²) in [5.41, 5.74) is -0.695. The highest BCUT2D eigenvalue weighted by Gasteiger charge is 2.32. The molecule has 0 aliphatic heterocycles. The van der Waals surface area contributed by atoms with Crippen molar-refractivity contribution in [3.63, 3.8) is 0 Å². The third-order valence-corrected chi connectivity index (χ3v) is 4.29. The number of nitrogens with one attached hydrogen (secondary N) is 1. The van der Waals surface area contributed by atoms with Gasteiger partial charge in [-0.05, 0) is 36.6 Å². The highest BCUT2D eigenvalue weighted by atomic mass is 19.4. The minimum absolute atomic E-state index is 0.0888. The molecular formula is C19H15F3N6. The van der Waals surface area contributed by atoms with Gasteiger partial charge < -0.3 is 5.32 Å². The molecule has 4 rings (SSSR count). The highest BCUT2D eigenvalue weighted by Crippen LogP contribution is 2.36. The molecule has 1 unspecified atom stereocenters. The Bertz CT molecular complexity index is 1110. The lowest BCUT2D eigenvalue weighted by Gasteiger charge is -2.17. The van der Waals surface area contributed by atoms with Gasteiger partial charge in [0.25, 0.3) is 0 Å². The lowest BCUT2D eigenvalue weighted by atomic mass is 10.1. The predicted octanol–water partition coefficient (Wildman–Crippen LogP) is 4.40. The quantitative estimate of drug-likeness (QED) is 0.565. The van der Waals surface area contributed by atoms with Gasteiger partial charge in [0.05, 0.1) is 11.6 Å². The van der Waals surface area contributed by atoms with Crippen LogP contribution < -0.4 is 5.32 Å². The van der Waals surface area contributed by atoms with Crippen molar-refractivity contribution in [2.75, 3.05) is 5.32 Å². The fourth-order valence-electron chi connectivity index (χ4n) is 3.04. The third kappa shape index (κ3) is 3.26. The van der Waals surface area contributed by atoms with Crippen molar-refractivity contribution in [2.24, 2.45) is 0 Å². The Morgan fingerprint density at radius 1 is 0.929 bits per heavy atom. The van der Waals surface area contributed by atoms with E-state index in [1.165, 1.54) is 24.7 Å². The second-order valence-electron chi connectivity index (χ2n) is 6.14. The molecule has 0 saturated heterocycles. The van der Waals surface area contributed by atoms with E-state index in [4.69, 9.17) is 0 Å². The Hall–Kier alpha value is -3.49. The summed E-state index contributed by atoms with van der Waals surface area (Å²) in [7, 11) is 0. The average Bonchev–Trinajstić information content (AvgIpc) is 3.18. The lowest BCUT2D eigenvalue weighted by Crippen LogP contribution is -2.15. The molecule has 9 heteroatoms. The number of anilines is 1. The molecule has 1 atom stereocenters. The standard InChI is InChI=1S/C19H15F3N6/c1-12(18-25-11-26-28(18)16-7-2-3-9-23-16)27-17-14-5-4-6-15(19(20,21)22)13(14)8-10-24-17/h2-12H,1H3,(H,24,27). The van der Waals surface area contributed by atoms with Crippen LogP contribution in [0.2, 0.25) is 0 Å². The summed E-state index contributed by atoms with van der Waals surface area (Å²) in [6.45, 7) is 1.83. The number of pyridine rings is 2. The largest absolute Gasteiger partial charge is 0.417 e. The third-order valence-electron chi connectivity index (χ3n) is 4.29. The molecule has 0 saturated carbocycles. The number of nitrogens with zero attached hydrogens (tertiary/aromatic N) is 5. The minimum Gasteiger partial charge on any atom is -0.360 e. The van der Waals surface area contributed by atoms with Crippen LogP contribution in [0.4, 0.5) is 19.0 Å². The van der Waals surface area contributed by atoms with E-state index in [2.05, 4.69) is 25.4 Å². The molecule has 0 spiro atoms. The second-order valence-corrected chi connectivity index (χ2v) is 6.14. The van der Waals surface area contributed by atoms with E-state index >= 15 is 0 Å². The molecule has 0 fully saturated rings. The topological polar surface area (TPSA) is 68.5 Å². The van der Waals surface area contributed by atoms with Crippen molar-refractivity contribution < 1.29 is 13.2 Å². The number of halogens is 3. The number of rotatable bonds is 4. The van der Waals surface area contributed by atoms with Gasteiger partial charge in [-0.25, -0.2) is 15.0 Å². The molecule has 6 nitrogen and oxygen atoms in total. The summed E-state index contributed by atoms with van der Waals surface area (Å²) in [6.07, 6.45) is -0.0384. The van der Waals surface area contributed by atoms with Crippen LogP contribution in [-0.4, -0.2) is 24.7 Å². The summed E-state index contributed by atoms with van der Waals surface area (Å²) in [5.74, 6) is 1.49.